The number of aryl methyl sites for hydroxylation is 1. The van der Waals surface area contributed by atoms with Crippen LogP contribution in [0.5, 0.6) is 0 Å². The van der Waals surface area contributed by atoms with Gasteiger partial charge in [0.2, 0.25) is 11.7 Å². The van der Waals surface area contributed by atoms with E-state index in [0.717, 1.165) is 28.6 Å². The molecule has 0 spiro atoms. The second-order valence-electron chi connectivity index (χ2n) is 11.1. The molecule has 0 saturated carbocycles. The lowest BCUT2D eigenvalue weighted by Crippen LogP contribution is -2.52. The van der Waals surface area contributed by atoms with E-state index in [-0.39, 0.29) is 61.2 Å². The number of piperazine rings is 1. The normalized spacial score (nSPS) is 15.8. The minimum atomic E-state index is -4.64. The van der Waals surface area contributed by atoms with Crippen LogP contribution in [0, 0.1) is 6.92 Å². The summed E-state index contributed by atoms with van der Waals surface area (Å²) in [4.78, 5) is 55.8. The molecule has 0 aliphatic carbocycles. The molecule has 0 unspecified atom stereocenters. The van der Waals surface area contributed by atoms with Crippen molar-refractivity contribution in [3.05, 3.63) is 76.6 Å². The van der Waals surface area contributed by atoms with E-state index in [1.54, 1.807) is 9.47 Å². The number of aliphatic hydroxyl groups excluding tert-OH is 1. The molecule has 1 fully saturated rings. The first kappa shape index (κ1) is 34.0. The molecule has 2 aliphatic heterocycles. The quantitative estimate of drug-likeness (QED) is 0.258. The average molecular weight is 670 g/mol. The highest BCUT2D eigenvalue weighted by molar-refractivity contribution is 6.44. The summed E-state index contributed by atoms with van der Waals surface area (Å²) in [6, 6.07) is 0.849. The van der Waals surface area contributed by atoms with Crippen molar-refractivity contribution in [1.82, 2.24) is 29.0 Å². The number of hydrogen-bond acceptors (Lipinski definition) is 10. The minimum Gasteiger partial charge on any atom is -0.506 e. The van der Waals surface area contributed by atoms with Gasteiger partial charge in [-0.1, -0.05) is 26.2 Å². The van der Waals surface area contributed by atoms with Crippen LogP contribution in [0.25, 0.3) is 11.4 Å². The molecule has 0 bridgehead atoms. The molecule has 48 heavy (non-hydrogen) atoms. The molecule has 0 atom stereocenters. The van der Waals surface area contributed by atoms with E-state index < -0.39 is 35.0 Å². The number of anilines is 2. The second kappa shape index (κ2) is 13.8. The molecule has 2 aliphatic rings. The summed E-state index contributed by atoms with van der Waals surface area (Å²) in [7, 11) is 0. The van der Waals surface area contributed by atoms with Crippen molar-refractivity contribution in [3.63, 3.8) is 0 Å². The summed E-state index contributed by atoms with van der Waals surface area (Å²) in [6.07, 6.45) is 0.0852. The number of hydrogen-bond donors (Lipinski definition) is 2. The molecule has 5 rings (SSSR count). The number of pyridine rings is 1. The Morgan fingerprint density at radius 3 is 2.54 bits per heavy atom. The fraction of sp³-hybridized carbons (Fsp3) is 0.387. The number of aliphatic hydroxyl groups is 1. The predicted octanol–water partition coefficient (Wildman–Crippen LogP) is 2.92. The molecule has 0 radical (unpaired) electrons. The van der Waals surface area contributed by atoms with E-state index in [1.165, 1.54) is 11.8 Å². The molecule has 254 valence electrons. The maximum absolute atomic E-state index is 14.1. The lowest BCUT2D eigenvalue weighted by atomic mass is 10.1. The van der Waals surface area contributed by atoms with Gasteiger partial charge in [-0.15, -0.1) is 5.10 Å². The van der Waals surface area contributed by atoms with Crippen molar-refractivity contribution in [1.29, 1.82) is 0 Å². The molecule has 1 saturated heterocycles. The van der Waals surface area contributed by atoms with Crippen molar-refractivity contribution in [2.45, 2.75) is 39.4 Å². The van der Waals surface area contributed by atoms with Gasteiger partial charge in [0.05, 0.1) is 30.8 Å². The number of carbonyl (C=O) groups is 2. The zero-order valence-electron chi connectivity index (χ0n) is 26.4. The first-order valence-corrected chi connectivity index (χ1v) is 15.1. The molecule has 0 aromatic carbocycles. The van der Waals surface area contributed by atoms with E-state index in [9.17, 15) is 32.7 Å². The number of alkyl halides is 3. The Morgan fingerprint density at radius 1 is 1.23 bits per heavy atom. The number of rotatable bonds is 9. The van der Waals surface area contributed by atoms with Gasteiger partial charge in [-0.2, -0.15) is 22.7 Å². The van der Waals surface area contributed by atoms with Gasteiger partial charge in [0.15, 0.2) is 11.5 Å². The van der Waals surface area contributed by atoms with E-state index >= 15 is 0 Å². The Labute approximate surface area is 272 Å². The summed E-state index contributed by atoms with van der Waals surface area (Å²) < 4.78 is 47.6. The van der Waals surface area contributed by atoms with Crippen molar-refractivity contribution < 1.29 is 32.6 Å². The molecule has 17 heteroatoms. The number of nitrogens with one attached hydrogen (secondary N) is 1. The van der Waals surface area contributed by atoms with Crippen LogP contribution in [0.1, 0.15) is 36.1 Å². The third kappa shape index (κ3) is 6.85. The highest BCUT2D eigenvalue weighted by Gasteiger charge is 2.33. The van der Waals surface area contributed by atoms with Crippen LogP contribution in [0.15, 0.2) is 53.2 Å². The molecule has 3 aromatic heterocycles. The monoisotopic (exact) mass is 669 g/mol. The topological polar surface area (TPSA) is 160 Å². The number of aliphatic imine (C=N–C) groups is 1. The van der Waals surface area contributed by atoms with Gasteiger partial charge >= 0.3 is 6.18 Å². The van der Waals surface area contributed by atoms with Crippen LogP contribution in [-0.2, 0) is 33.5 Å². The van der Waals surface area contributed by atoms with Crippen LogP contribution in [0.4, 0.5) is 24.5 Å². The number of halogens is 3. The van der Waals surface area contributed by atoms with Crippen LogP contribution in [-0.4, -0.2) is 91.1 Å². The molecule has 5 heterocycles. The van der Waals surface area contributed by atoms with Gasteiger partial charge in [0.25, 0.3) is 11.5 Å². The first-order valence-electron chi connectivity index (χ1n) is 15.1. The zero-order valence-corrected chi connectivity index (χ0v) is 26.4. The first-order chi connectivity index (χ1) is 22.8. The Hall–Kier alpha value is -5.32. The standard InChI is InChI=1S/C31H34F3N9O5/c1-5-22-26(40-9-11-41(12-10-40)28(46)25(19(4)44)35-6-2)29(47)43-30(38-27(39-43)20-7-13-48-14-8-20)42(22)17-24(45)37-21-16-36-23(15-18(21)3)31(32,33)34/h6-7,15-16,44H,2,4-5,8-14,17H2,1,3H3,(H,37,45). The van der Waals surface area contributed by atoms with Crippen LogP contribution in [0.2, 0.25) is 0 Å². The van der Waals surface area contributed by atoms with Gasteiger partial charge in [-0.25, -0.2) is 9.98 Å². The predicted molar refractivity (Wildman–Crippen MR) is 171 cm³/mol. The largest absolute Gasteiger partial charge is 0.506 e. The zero-order chi connectivity index (χ0) is 34.7. The fourth-order valence-corrected chi connectivity index (χ4v) is 5.60. The summed E-state index contributed by atoms with van der Waals surface area (Å²) in [5.41, 5.74) is 0.00210. The van der Waals surface area contributed by atoms with Gasteiger partial charge in [0.1, 0.15) is 23.7 Å². The smallest absolute Gasteiger partial charge is 0.433 e. The Kier molecular flexibility index (Phi) is 9.79. The average Bonchev–Trinajstić information content (AvgIpc) is 3.51. The van der Waals surface area contributed by atoms with Crippen molar-refractivity contribution >= 4 is 40.3 Å². The molecule has 2 amide bonds. The van der Waals surface area contributed by atoms with Crippen molar-refractivity contribution in [2.24, 2.45) is 4.99 Å². The van der Waals surface area contributed by atoms with Crippen molar-refractivity contribution in [2.75, 3.05) is 49.6 Å². The summed E-state index contributed by atoms with van der Waals surface area (Å²) in [6.45, 7) is 11.4. The van der Waals surface area contributed by atoms with Crippen LogP contribution in [0.3, 0.4) is 0 Å². The minimum absolute atomic E-state index is 0.101. The van der Waals surface area contributed by atoms with Crippen molar-refractivity contribution in [3.8, 4) is 0 Å². The summed E-state index contributed by atoms with van der Waals surface area (Å²) >= 11 is 0. The molecular weight excluding hydrogens is 635 g/mol. The second-order valence-corrected chi connectivity index (χ2v) is 11.1. The highest BCUT2D eigenvalue weighted by atomic mass is 19.4. The Bertz CT molecular complexity index is 1900. The van der Waals surface area contributed by atoms with Gasteiger partial charge in [-0.05, 0) is 37.0 Å². The summed E-state index contributed by atoms with van der Waals surface area (Å²) in [5.74, 6) is -1.21. The van der Waals surface area contributed by atoms with E-state index in [2.05, 4.69) is 38.5 Å². The molecule has 14 nitrogen and oxygen atoms in total. The number of amides is 2. The Balaban J connectivity index is 1.52. The molecular formula is C31H34F3N9O5. The number of fused-ring (bicyclic) bond motifs is 1. The number of nitrogens with zero attached hydrogens (tertiary/aromatic N) is 8. The maximum Gasteiger partial charge on any atom is 0.433 e. The molecule has 2 N–H and O–H groups in total. The third-order valence-corrected chi connectivity index (χ3v) is 7.97. The van der Waals surface area contributed by atoms with E-state index in [4.69, 9.17) is 4.74 Å². The van der Waals surface area contributed by atoms with Gasteiger partial charge < -0.3 is 29.5 Å². The summed E-state index contributed by atoms with van der Waals surface area (Å²) in [5, 5.41) is 17.0. The van der Waals surface area contributed by atoms with E-state index in [0.29, 0.717) is 37.6 Å². The maximum atomic E-state index is 14.1. The third-order valence-electron chi connectivity index (χ3n) is 7.97. The Morgan fingerprint density at radius 2 is 1.96 bits per heavy atom. The van der Waals surface area contributed by atoms with Crippen LogP contribution < -0.4 is 15.8 Å². The van der Waals surface area contributed by atoms with Gasteiger partial charge in [-0.3, -0.25) is 14.4 Å². The number of ether oxygens (including phenoxy) is 1. The molecule has 3 aromatic rings. The SMILES string of the molecule is C=CN=C(C(=C)O)C(=O)N1CCN(c2c(CC)n(CC(=O)Nc3cnc(C(F)(F)F)cc3C)c3nc(C4=CCOCC4)nn3c2=O)CC1. The van der Waals surface area contributed by atoms with Gasteiger partial charge in [0, 0.05) is 32.4 Å². The fourth-order valence-electron chi connectivity index (χ4n) is 5.60. The lowest BCUT2D eigenvalue weighted by Gasteiger charge is -2.36. The van der Waals surface area contributed by atoms with E-state index in [1.807, 2.05) is 13.0 Å². The number of aromatic nitrogens is 5. The lowest BCUT2D eigenvalue weighted by molar-refractivity contribution is -0.141. The van der Waals surface area contributed by atoms with Crippen LogP contribution >= 0.6 is 0 Å². The number of carbonyl (C=O) groups excluding carboxylic acids is 2. The highest BCUT2D eigenvalue weighted by Crippen LogP contribution is 2.30.